The van der Waals surface area contributed by atoms with Gasteiger partial charge in [0.1, 0.15) is 5.82 Å². The molecule has 0 bridgehead atoms. The van der Waals surface area contributed by atoms with Gasteiger partial charge in [0.05, 0.1) is 20.6 Å². The first-order valence-corrected chi connectivity index (χ1v) is 10.3. The molecule has 3 aromatic rings. The van der Waals surface area contributed by atoms with E-state index in [9.17, 15) is 14.3 Å². The molecule has 1 aliphatic carbocycles. The number of methoxy groups -OCH3 is 2. The van der Waals surface area contributed by atoms with Gasteiger partial charge in [-0.25, -0.2) is 4.39 Å². The molecule has 7 heteroatoms. The van der Waals surface area contributed by atoms with Crippen molar-refractivity contribution >= 4 is 23.6 Å². The largest absolute Gasteiger partial charge is 0.502 e. The second kappa shape index (κ2) is 9.56. The van der Waals surface area contributed by atoms with Crippen LogP contribution in [0.4, 0.5) is 4.39 Å². The summed E-state index contributed by atoms with van der Waals surface area (Å²) in [5, 5.41) is 13.1. The molecule has 0 atom stereocenters. The van der Waals surface area contributed by atoms with E-state index in [1.54, 1.807) is 36.5 Å². The summed E-state index contributed by atoms with van der Waals surface area (Å²) >= 11 is 0. The van der Waals surface area contributed by atoms with Crippen molar-refractivity contribution < 1.29 is 23.8 Å². The van der Waals surface area contributed by atoms with Gasteiger partial charge in [-0.2, -0.15) is 0 Å². The molecule has 33 heavy (non-hydrogen) atoms. The zero-order valence-electron chi connectivity index (χ0n) is 18.3. The van der Waals surface area contributed by atoms with E-state index >= 15 is 0 Å². The molecule has 0 fully saturated rings. The van der Waals surface area contributed by atoms with Crippen molar-refractivity contribution in [2.45, 2.75) is 6.42 Å². The lowest BCUT2D eigenvalue weighted by Crippen LogP contribution is -2.27. The molecule has 0 saturated carbocycles. The van der Waals surface area contributed by atoms with Gasteiger partial charge in [0.25, 0.3) is 0 Å². The molecule has 2 aromatic carbocycles. The minimum atomic E-state index is -0.335. The van der Waals surface area contributed by atoms with Crippen molar-refractivity contribution in [2.24, 2.45) is 0 Å². The van der Waals surface area contributed by atoms with Crippen molar-refractivity contribution in [3.8, 4) is 17.2 Å². The predicted molar refractivity (Wildman–Crippen MR) is 124 cm³/mol. The van der Waals surface area contributed by atoms with Crippen molar-refractivity contribution in [1.82, 2.24) is 10.3 Å². The molecule has 6 nitrogen and oxygen atoms in total. The lowest BCUT2D eigenvalue weighted by atomic mass is 9.99. The maximum atomic E-state index is 13.9. The van der Waals surface area contributed by atoms with Gasteiger partial charge < -0.3 is 19.9 Å². The number of phenols is 1. The van der Waals surface area contributed by atoms with Crippen LogP contribution in [0, 0.1) is 5.82 Å². The maximum absolute atomic E-state index is 13.9. The summed E-state index contributed by atoms with van der Waals surface area (Å²) in [5.41, 5.74) is 4.64. The topological polar surface area (TPSA) is 80.7 Å². The van der Waals surface area contributed by atoms with Crippen molar-refractivity contribution in [3.63, 3.8) is 0 Å². The summed E-state index contributed by atoms with van der Waals surface area (Å²) in [6.07, 6.45) is 5.57. The second-order valence-electron chi connectivity index (χ2n) is 7.51. The lowest BCUT2D eigenvalue weighted by molar-refractivity contribution is -0.120. The van der Waals surface area contributed by atoms with E-state index in [0.29, 0.717) is 5.69 Å². The van der Waals surface area contributed by atoms with Crippen molar-refractivity contribution in [2.75, 3.05) is 20.8 Å². The number of amides is 1. The average Bonchev–Trinajstić information content (AvgIpc) is 3.15. The molecular formula is C26H23FN2O4. The van der Waals surface area contributed by atoms with E-state index in [2.05, 4.69) is 10.3 Å². The van der Waals surface area contributed by atoms with Crippen LogP contribution in [0.15, 0.2) is 60.3 Å². The van der Waals surface area contributed by atoms with Gasteiger partial charge in [-0.05, 0) is 76.4 Å². The number of fused-ring (bicyclic) bond motifs is 1. The predicted octanol–water partition coefficient (Wildman–Crippen LogP) is 4.24. The number of nitrogens with one attached hydrogen (secondary N) is 1. The number of halogens is 1. The molecule has 0 unspecified atom stereocenters. The van der Waals surface area contributed by atoms with E-state index in [4.69, 9.17) is 9.47 Å². The Kier molecular flexibility index (Phi) is 6.40. The zero-order chi connectivity index (χ0) is 23.4. The number of hydrogen-bond donors (Lipinski definition) is 2. The Bertz CT molecular complexity index is 1230. The summed E-state index contributed by atoms with van der Waals surface area (Å²) in [6, 6.07) is 13.4. The Balaban J connectivity index is 1.63. The first-order valence-electron chi connectivity index (χ1n) is 10.3. The van der Waals surface area contributed by atoms with Gasteiger partial charge in [-0.1, -0.05) is 12.1 Å². The highest BCUT2D eigenvalue weighted by Gasteiger charge is 2.21. The number of phenolic OH excluding ortho intramolecular Hbond substituents is 1. The molecule has 2 N–H and O–H groups in total. The van der Waals surface area contributed by atoms with Gasteiger partial charge in [-0.3, -0.25) is 9.78 Å². The molecule has 1 aromatic heterocycles. The minimum absolute atomic E-state index is 0.0893. The number of benzene rings is 2. The van der Waals surface area contributed by atoms with Crippen molar-refractivity contribution in [1.29, 1.82) is 0 Å². The van der Waals surface area contributed by atoms with Crippen LogP contribution in [-0.2, 0) is 11.2 Å². The Hall–Kier alpha value is -4.13. The average molecular weight is 446 g/mol. The smallest absolute Gasteiger partial charge is 0.226 e. The SMILES string of the molecule is COc1cc(C=C2C(CNC(=O)Cc3ccccn3)=Cc3cc(F)ccc32)cc(OC)c1O. The Labute approximate surface area is 191 Å². The Morgan fingerprint density at radius 2 is 1.88 bits per heavy atom. The molecule has 168 valence electrons. The number of carbonyl (C=O) groups is 1. The van der Waals surface area contributed by atoms with E-state index in [-0.39, 0.29) is 41.9 Å². The van der Waals surface area contributed by atoms with Crippen molar-refractivity contribution in [3.05, 3.63) is 88.5 Å². The normalized spacial score (nSPS) is 13.4. The number of aromatic nitrogens is 1. The molecule has 0 spiro atoms. The van der Waals surface area contributed by atoms with Crippen LogP contribution in [-0.4, -0.2) is 36.8 Å². The molecular weight excluding hydrogens is 423 g/mol. The van der Waals surface area contributed by atoms with Crippen LogP contribution in [0.3, 0.4) is 0 Å². The molecule has 4 rings (SSSR count). The minimum Gasteiger partial charge on any atom is -0.502 e. The zero-order valence-corrected chi connectivity index (χ0v) is 18.3. The summed E-state index contributed by atoms with van der Waals surface area (Å²) < 4.78 is 24.4. The number of pyridine rings is 1. The first kappa shape index (κ1) is 22.1. The van der Waals surface area contributed by atoms with Gasteiger partial charge >= 0.3 is 0 Å². The monoisotopic (exact) mass is 446 g/mol. The number of nitrogens with zero attached hydrogens (tertiary/aromatic N) is 1. The number of rotatable bonds is 7. The second-order valence-corrected chi connectivity index (χ2v) is 7.51. The fourth-order valence-electron chi connectivity index (χ4n) is 3.74. The number of ether oxygens (including phenoxy) is 2. The quantitative estimate of drug-likeness (QED) is 0.568. The Morgan fingerprint density at radius 3 is 2.55 bits per heavy atom. The fraction of sp³-hybridized carbons (Fsp3) is 0.154. The standard InChI is InChI=1S/C26H23FN2O4/c1-32-23-10-16(11-24(33-2)26(23)31)9-22-18(12-17-13-19(27)6-7-21(17)22)15-29-25(30)14-20-5-3-4-8-28-20/h3-13,31H,14-15H2,1-2H3,(H,29,30). The highest BCUT2D eigenvalue weighted by molar-refractivity contribution is 6.02. The summed E-state index contributed by atoms with van der Waals surface area (Å²) in [4.78, 5) is 16.6. The summed E-state index contributed by atoms with van der Waals surface area (Å²) in [7, 11) is 2.92. The van der Waals surface area contributed by atoms with Gasteiger partial charge in [-0.15, -0.1) is 0 Å². The van der Waals surface area contributed by atoms with E-state index in [0.717, 1.165) is 27.8 Å². The maximum Gasteiger partial charge on any atom is 0.226 e. The van der Waals surface area contributed by atoms with E-state index in [1.807, 2.05) is 18.2 Å². The molecule has 1 amide bonds. The highest BCUT2D eigenvalue weighted by Crippen LogP contribution is 2.41. The summed E-state index contributed by atoms with van der Waals surface area (Å²) in [5.74, 6) is -0.0455. The fourth-order valence-corrected chi connectivity index (χ4v) is 3.74. The third-order valence-corrected chi connectivity index (χ3v) is 5.34. The van der Waals surface area contributed by atoms with E-state index < -0.39 is 0 Å². The highest BCUT2D eigenvalue weighted by atomic mass is 19.1. The number of hydrogen-bond acceptors (Lipinski definition) is 5. The number of carbonyl (C=O) groups excluding carboxylic acids is 1. The van der Waals surface area contributed by atoms with Gasteiger partial charge in [0.15, 0.2) is 11.5 Å². The molecule has 0 radical (unpaired) electrons. The molecule has 1 aliphatic rings. The van der Waals surface area contributed by atoms with Gasteiger partial charge in [0, 0.05) is 18.4 Å². The van der Waals surface area contributed by atoms with Crippen LogP contribution in [0.2, 0.25) is 0 Å². The van der Waals surface area contributed by atoms with Crippen LogP contribution in [0.25, 0.3) is 17.7 Å². The van der Waals surface area contributed by atoms with Crippen LogP contribution in [0.5, 0.6) is 17.2 Å². The van der Waals surface area contributed by atoms with Crippen LogP contribution < -0.4 is 14.8 Å². The molecule has 0 aliphatic heterocycles. The lowest BCUT2D eigenvalue weighted by Gasteiger charge is -2.12. The number of aromatic hydroxyl groups is 1. The third kappa shape index (κ3) is 4.87. The third-order valence-electron chi connectivity index (χ3n) is 5.34. The van der Waals surface area contributed by atoms with Crippen LogP contribution in [0.1, 0.15) is 22.4 Å². The molecule has 0 saturated heterocycles. The van der Waals surface area contributed by atoms with Gasteiger partial charge in [0.2, 0.25) is 11.7 Å². The Morgan fingerprint density at radius 1 is 1.12 bits per heavy atom. The molecule has 1 heterocycles. The van der Waals surface area contributed by atoms with Crippen LogP contribution >= 0.6 is 0 Å². The van der Waals surface area contributed by atoms with E-state index in [1.165, 1.54) is 26.4 Å². The first-order chi connectivity index (χ1) is 16.0. The summed E-state index contributed by atoms with van der Waals surface area (Å²) in [6.45, 7) is 0.264.